The summed E-state index contributed by atoms with van der Waals surface area (Å²) in [6.07, 6.45) is -0.415. The number of rotatable bonds is 6. The number of alkyl carbamates (subject to hydrolysis) is 1. The third-order valence-electron chi connectivity index (χ3n) is 3.89. The smallest absolute Gasteiger partial charge is 0.407 e. The molecule has 0 saturated carbocycles. The van der Waals surface area contributed by atoms with Crippen molar-refractivity contribution in [2.45, 2.75) is 59.2 Å². The van der Waals surface area contributed by atoms with Gasteiger partial charge in [0, 0.05) is 28.7 Å². The van der Waals surface area contributed by atoms with Crippen molar-refractivity contribution in [1.82, 2.24) is 10.6 Å². The number of benzene rings is 1. The fourth-order valence-electron chi connectivity index (χ4n) is 2.06. The highest BCUT2D eigenvalue weighted by atomic mass is 35.5. The first-order chi connectivity index (χ1) is 10.9. The standard InChI is InChI=1S/C18H28Cl2N2O2/c1-12(2)18(6,11-21-16(23)24-17(3,4)5)22-10-13-7-14(19)9-15(20)8-13/h7-9,12,22H,10-11H2,1-6H3,(H,21,23). The van der Waals surface area contributed by atoms with Gasteiger partial charge >= 0.3 is 6.09 Å². The minimum absolute atomic E-state index is 0.294. The molecule has 1 atom stereocenters. The van der Waals surface area contributed by atoms with Gasteiger partial charge in [0.15, 0.2) is 0 Å². The third-order valence-corrected chi connectivity index (χ3v) is 4.33. The van der Waals surface area contributed by atoms with Crippen LogP contribution in [0.4, 0.5) is 4.79 Å². The predicted octanol–water partition coefficient (Wildman–Crippen LogP) is 5.02. The van der Waals surface area contributed by atoms with Gasteiger partial charge in [0.25, 0.3) is 0 Å². The van der Waals surface area contributed by atoms with Gasteiger partial charge in [0.05, 0.1) is 0 Å². The second-order valence-corrected chi connectivity index (χ2v) is 8.43. The lowest BCUT2D eigenvalue weighted by Crippen LogP contribution is -2.55. The van der Waals surface area contributed by atoms with Crippen molar-refractivity contribution < 1.29 is 9.53 Å². The number of carbonyl (C=O) groups is 1. The Kier molecular flexibility index (Phi) is 7.39. The molecule has 0 bridgehead atoms. The van der Waals surface area contributed by atoms with Gasteiger partial charge in [-0.3, -0.25) is 0 Å². The third kappa shape index (κ3) is 7.29. The molecule has 2 N–H and O–H groups in total. The van der Waals surface area contributed by atoms with Crippen LogP contribution in [0, 0.1) is 5.92 Å². The lowest BCUT2D eigenvalue weighted by molar-refractivity contribution is 0.0503. The van der Waals surface area contributed by atoms with E-state index in [4.69, 9.17) is 27.9 Å². The fourth-order valence-corrected chi connectivity index (χ4v) is 2.63. The molecule has 4 nitrogen and oxygen atoms in total. The number of hydrogen-bond acceptors (Lipinski definition) is 3. The second-order valence-electron chi connectivity index (χ2n) is 7.56. The predicted molar refractivity (Wildman–Crippen MR) is 101 cm³/mol. The molecule has 0 aliphatic rings. The molecule has 0 aliphatic carbocycles. The summed E-state index contributed by atoms with van der Waals surface area (Å²) in [7, 11) is 0. The van der Waals surface area contributed by atoms with Gasteiger partial charge in [-0.2, -0.15) is 0 Å². The van der Waals surface area contributed by atoms with Crippen LogP contribution in [0.25, 0.3) is 0 Å². The first-order valence-corrected chi connectivity index (χ1v) is 8.84. The minimum Gasteiger partial charge on any atom is -0.444 e. The maximum atomic E-state index is 11.9. The number of carbonyl (C=O) groups excluding carboxylic acids is 1. The van der Waals surface area contributed by atoms with Crippen molar-refractivity contribution in [1.29, 1.82) is 0 Å². The van der Waals surface area contributed by atoms with E-state index in [0.29, 0.717) is 29.1 Å². The van der Waals surface area contributed by atoms with Crippen LogP contribution in [0.1, 0.15) is 47.1 Å². The van der Waals surface area contributed by atoms with Gasteiger partial charge in [0.1, 0.15) is 5.60 Å². The van der Waals surface area contributed by atoms with Crippen molar-refractivity contribution in [2.24, 2.45) is 5.92 Å². The molecule has 1 aromatic carbocycles. The van der Waals surface area contributed by atoms with Crippen LogP contribution in [0.5, 0.6) is 0 Å². The monoisotopic (exact) mass is 374 g/mol. The van der Waals surface area contributed by atoms with Crippen LogP contribution in [0.2, 0.25) is 10.0 Å². The molecule has 24 heavy (non-hydrogen) atoms. The molecule has 1 aromatic rings. The lowest BCUT2D eigenvalue weighted by Gasteiger charge is -2.35. The SMILES string of the molecule is CC(C)C(C)(CNC(=O)OC(C)(C)C)NCc1cc(Cl)cc(Cl)c1. The van der Waals surface area contributed by atoms with Gasteiger partial charge in [-0.25, -0.2) is 4.79 Å². The molecule has 6 heteroatoms. The van der Waals surface area contributed by atoms with E-state index in [1.807, 2.05) is 32.9 Å². The molecule has 0 aromatic heterocycles. The van der Waals surface area contributed by atoms with E-state index in [9.17, 15) is 4.79 Å². The highest BCUT2D eigenvalue weighted by Crippen LogP contribution is 2.21. The first-order valence-electron chi connectivity index (χ1n) is 8.08. The summed E-state index contributed by atoms with van der Waals surface area (Å²) >= 11 is 12.1. The molecule has 0 radical (unpaired) electrons. The van der Waals surface area contributed by atoms with E-state index in [-0.39, 0.29) is 5.54 Å². The lowest BCUT2D eigenvalue weighted by atomic mass is 9.88. The van der Waals surface area contributed by atoms with Crippen LogP contribution in [0.3, 0.4) is 0 Å². The van der Waals surface area contributed by atoms with Crippen molar-refractivity contribution in [2.75, 3.05) is 6.54 Å². The number of nitrogens with one attached hydrogen (secondary N) is 2. The van der Waals surface area contributed by atoms with Crippen molar-refractivity contribution in [3.63, 3.8) is 0 Å². The van der Waals surface area contributed by atoms with E-state index >= 15 is 0 Å². The van der Waals surface area contributed by atoms with Crippen LogP contribution in [-0.4, -0.2) is 23.8 Å². The Labute approximate surface area is 155 Å². The molecular formula is C18H28Cl2N2O2. The van der Waals surface area contributed by atoms with E-state index in [1.54, 1.807) is 6.07 Å². The zero-order valence-electron chi connectivity index (χ0n) is 15.3. The van der Waals surface area contributed by atoms with Crippen molar-refractivity contribution in [3.05, 3.63) is 33.8 Å². The number of halogens is 2. The highest BCUT2D eigenvalue weighted by Gasteiger charge is 2.29. The van der Waals surface area contributed by atoms with E-state index < -0.39 is 11.7 Å². The Balaban J connectivity index is 2.69. The molecule has 0 fully saturated rings. The largest absolute Gasteiger partial charge is 0.444 e. The summed E-state index contributed by atoms with van der Waals surface area (Å²) in [4.78, 5) is 11.9. The molecule has 0 aliphatic heterocycles. The number of ether oxygens (including phenoxy) is 1. The molecule has 136 valence electrons. The van der Waals surface area contributed by atoms with E-state index in [0.717, 1.165) is 5.56 Å². The van der Waals surface area contributed by atoms with Crippen LogP contribution in [-0.2, 0) is 11.3 Å². The summed E-state index contributed by atoms with van der Waals surface area (Å²) < 4.78 is 5.29. The Morgan fingerprint density at radius 2 is 1.67 bits per heavy atom. The summed E-state index contributed by atoms with van der Waals surface area (Å²) in [5, 5.41) is 7.56. The molecule has 0 heterocycles. The van der Waals surface area contributed by atoms with Crippen LogP contribution >= 0.6 is 23.2 Å². The van der Waals surface area contributed by atoms with Crippen LogP contribution in [0.15, 0.2) is 18.2 Å². The van der Waals surface area contributed by atoms with Gasteiger partial charge < -0.3 is 15.4 Å². The second kappa shape index (κ2) is 8.41. The maximum absolute atomic E-state index is 11.9. The normalized spacial score (nSPS) is 14.4. The van der Waals surface area contributed by atoms with Crippen LogP contribution < -0.4 is 10.6 Å². The average Bonchev–Trinajstić information content (AvgIpc) is 2.40. The zero-order valence-corrected chi connectivity index (χ0v) is 16.8. The Morgan fingerprint density at radius 1 is 1.12 bits per heavy atom. The molecule has 1 unspecified atom stereocenters. The summed E-state index contributed by atoms with van der Waals surface area (Å²) in [6.45, 7) is 12.9. The summed E-state index contributed by atoms with van der Waals surface area (Å²) in [5.41, 5.74) is 0.186. The number of hydrogen-bond donors (Lipinski definition) is 2. The fraction of sp³-hybridized carbons (Fsp3) is 0.611. The minimum atomic E-state index is -0.511. The molecule has 0 spiro atoms. The summed E-state index contributed by atoms with van der Waals surface area (Å²) in [5.74, 6) is 0.294. The molecule has 1 rings (SSSR count). The Morgan fingerprint density at radius 3 is 2.12 bits per heavy atom. The van der Waals surface area contributed by atoms with Gasteiger partial charge in [-0.1, -0.05) is 37.0 Å². The first kappa shape index (κ1) is 21.1. The van der Waals surface area contributed by atoms with Crippen molar-refractivity contribution in [3.8, 4) is 0 Å². The summed E-state index contributed by atoms with van der Waals surface area (Å²) in [6, 6.07) is 5.46. The van der Waals surface area contributed by atoms with Gasteiger partial charge in [-0.15, -0.1) is 0 Å². The Hall–Kier alpha value is -0.970. The number of amides is 1. The van der Waals surface area contributed by atoms with Gasteiger partial charge in [0.2, 0.25) is 0 Å². The van der Waals surface area contributed by atoms with E-state index in [1.165, 1.54) is 0 Å². The molecular weight excluding hydrogens is 347 g/mol. The zero-order chi connectivity index (χ0) is 18.5. The molecule has 0 saturated heterocycles. The van der Waals surface area contributed by atoms with Crippen molar-refractivity contribution >= 4 is 29.3 Å². The van der Waals surface area contributed by atoms with E-state index in [2.05, 4.69) is 31.4 Å². The van der Waals surface area contributed by atoms with Gasteiger partial charge in [-0.05, 0) is 57.4 Å². The average molecular weight is 375 g/mol. The molecule has 1 amide bonds. The maximum Gasteiger partial charge on any atom is 0.407 e. The highest BCUT2D eigenvalue weighted by molar-refractivity contribution is 6.34. The topological polar surface area (TPSA) is 50.4 Å². The quantitative estimate of drug-likeness (QED) is 0.734. The Bertz CT molecular complexity index is 550.